The predicted molar refractivity (Wildman–Crippen MR) is 133 cm³/mol. The van der Waals surface area contributed by atoms with Crippen molar-refractivity contribution in [1.82, 2.24) is 5.32 Å². The number of rotatable bonds is 19. The second kappa shape index (κ2) is 22.8. The summed E-state index contributed by atoms with van der Waals surface area (Å²) in [5.74, 6) is -0.120. The maximum absolute atomic E-state index is 12.0. The van der Waals surface area contributed by atoms with E-state index in [-0.39, 0.29) is 12.5 Å². The summed E-state index contributed by atoms with van der Waals surface area (Å²) in [6, 6.07) is -0.639. The Bertz CT molecular complexity index is 561. The molecule has 2 atom stereocenters. The molecule has 31 heavy (non-hydrogen) atoms. The monoisotopic (exact) mass is 431 g/mol. The zero-order chi connectivity index (χ0) is 23.0. The number of nitrogens with one attached hydrogen (secondary N) is 1. The van der Waals surface area contributed by atoms with Gasteiger partial charge in [0.25, 0.3) is 0 Å². The Labute approximate surface area is 190 Å². The first-order chi connectivity index (χ1) is 15.2. The minimum atomic E-state index is -0.852. The van der Waals surface area contributed by atoms with Crippen molar-refractivity contribution in [2.24, 2.45) is 0 Å². The van der Waals surface area contributed by atoms with E-state index in [0.29, 0.717) is 6.42 Å². The molecule has 2 unspecified atom stereocenters. The molecule has 0 saturated carbocycles. The van der Waals surface area contributed by atoms with Crippen LogP contribution in [0.15, 0.2) is 60.8 Å². The van der Waals surface area contributed by atoms with Crippen molar-refractivity contribution in [2.45, 2.75) is 96.6 Å². The fraction of sp³-hybridized carbons (Fsp3) is 0.593. The van der Waals surface area contributed by atoms with Crippen molar-refractivity contribution in [3.05, 3.63) is 60.8 Å². The molecule has 0 aliphatic rings. The number of amides is 1. The molecule has 176 valence electrons. The van der Waals surface area contributed by atoms with Crippen molar-refractivity contribution in [2.75, 3.05) is 6.61 Å². The summed E-state index contributed by atoms with van der Waals surface area (Å²) >= 11 is 0. The standard InChI is InChI=1S/C27H45NO3/c1-3-5-7-9-10-11-12-13-14-15-16-17-18-19-21-23-27(31)28-25(24-29)26(30)22-20-8-6-4-2/h5,7,10-11,13-14,16-17,20,22,25-26,29-30H,3-4,6,8-9,12,15,18-19,21,23-24H2,1-2H3,(H,28,31)/b7-5-,11-10-,14-13-,17-16-,22-20+. The quantitative estimate of drug-likeness (QED) is 0.175. The van der Waals surface area contributed by atoms with Crippen LogP contribution in [0.4, 0.5) is 0 Å². The molecule has 4 heteroatoms. The lowest BCUT2D eigenvalue weighted by molar-refractivity contribution is -0.123. The highest BCUT2D eigenvalue weighted by Gasteiger charge is 2.17. The van der Waals surface area contributed by atoms with Gasteiger partial charge in [-0.05, 0) is 51.4 Å². The maximum Gasteiger partial charge on any atom is 0.220 e. The number of unbranched alkanes of at least 4 members (excludes halogenated alkanes) is 4. The van der Waals surface area contributed by atoms with Gasteiger partial charge in [0.05, 0.1) is 18.8 Å². The van der Waals surface area contributed by atoms with Crippen molar-refractivity contribution < 1.29 is 15.0 Å². The van der Waals surface area contributed by atoms with E-state index in [4.69, 9.17) is 0 Å². The highest BCUT2D eigenvalue weighted by Crippen LogP contribution is 2.04. The topological polar surface area (TPSA) is 69.6 Å². The number of aliphatic hydroxyl groups is 2. The highest BCUT2D eigenvalue weighted by atomic mass is 16.3. The lowest BCUT2D eigenvalue weighted by Crippen LogP contribution is -2.45. The maximum atomic E-state index is 12.0. The van der Waals surface area contributed by atoms with Crippen molar-refractivity contribution in [1.29, 1.82) is 0 Å². The third kappa shape index (κ3) is 19.8. The Kier molecular flexibility index (Phi) is 21.4. The molecule has 4 nitrogen and oxygen atoms in total. The van der Waals surface area contributed by atoms with Crippen LogP contribution in [0.25, 0.3) is 0 Å². The summed E-state index contributed by atoms with van der Waals surface area (Å²) in [4.78, 5) is 12.0. The molecule has 0 rings (SSSR count). The lowest BCUT2D eigenvalue weighted by atomic mass is 10.1. The second-order valence-electron chi connectivity index (χ2n) is 7.66. The first-order valence-corrected chi connectivity index (χ1v) is 12.0. The first kappa shape index (κ1) is 29.1. The molecular formula is C27H45NO3. The van der Waals surface area contributed by atoms with Crippen LogP contribution in [0.1, 0.15) is 84.5 Å². The van der Waals surface area contributed by atoms with Crippen molar-refractivity contribution >= 4 is 5.91 Å². The molecule has 0 aromatic heterocycles. The average molecular weight is 432 g/mol. The van der Waals surface area contributed by atoms with Gasteiger partial charge in [-0.25, -0.2) is 0 Å². The largest absolute Gasteiger partial charge is 0.394 e. The number of carbonyl (C=O) groups is 1. The van der Waals surface area contributed by atoms with Gasteiger partial charge in [-0.1, -0.05) is 87.4 Å². The normalized spacial score (nSPS) is 14.6. The highest BCUT2D eigenvalue weighted by molar-refractivity contribution is 5.76. The minimum Gasteiger partial charge on any atom is -0.394 e. The Balaban J connectivity index is 3.82. The number of allylic oxidation sites excluding steroid dienone is 9. The van der Waals surface area contributed by atoms with Gasteiger partial charge in [-0.15, -0.1) is 0 Å². The van der Waals surface area contributed by atoms with Gasteiger partial charge in [0.15, 0.2) is 0 Å². The molecule has 0 aromatic rings. The molecular weight excluding hydrogens is 386 g/mol. The summed E-state index contributed by atoms with van der Waals surface area (Å²) in [6.07, 6.45) is 30.3. The van der Waals surface area contributed by atoms with Crippen LogP contribution in [0.5, 0.6) is 0 Å². The molecule has 0 heterocycles. The molecule has 0 fully saturated rings. The zero-order valence-corrected chi connectivity index (χ0v) is 19.7. The van der Waals surface area contributed by atoms with Crippen molar-refractivity contribution in [3.63, 3.8) is 0 Å². The van der Waals surface area contributed by atoms with E-state index < -0.39 is 12.1 Å². The van der Waals surface area contributed by atoms with Gasteiger partial charge >= 0.3 is 0 Å². The van der Waals surface area contributed by atoms with Crippen LogP contribution in [0, 0.1) is 0 Å². The summed E-state index contributed by atoms with van der Waals surface area (Å²) in [6.45, 7) is 3.98. The van der Waals surface area contributed by atoms with Gasteiger partial charge in [-0.3, -0.25) is 4.79 Å². The second-order valence-corrected chi connectivity index (χ2v) is 7.66. The lowest BCUT2D eigenvalue weighted by Gasteiger charge is -2.19. The first-order valence-electron chi connectivity index (χ1n) is 12.0. The van der Waals surface area contributed by atoms with Gasteiger partial charge in [0, 0.05) is 6.42 Å². The summed E-state index contributed by atoms with van der Waals surface area (Å²) in [7, 11) is 0. The van der Waals surface area contributed by atoms with Crippen LogP contribution in [0.3, 0.4) is 0 Å². The van der Waals surface area contributed by atoms with E-state index in [9.17, 15) is 15.0 Å². The molecule has 0 spiro atoms. The summed E-state index contributed by atoms with van der Waals surface area (Å²) in [5, 5.41) is 22.2. The van der Waals surface area contributed by atoms with Gasteiger partial charge in [0.1, 0.15) is 0 Å². The van der Waals surface area contributed by atoms with Gasteiger partial charge < -0.3 is 15.5 Å². The molecule has 0 aliphatic heterocycles. The van der Waals surface area contributed by atoms with Crippen LogP contribution in [0.2, 0.25) is 0 Å². The third-order valence-electron chi connectivity index (χ3n) is 4.76. The van der Waals surface area contributed by atoms with Gasteiger partial charge in [-0.2, -0.15) is 0 Å². The number of hydrogen-bond donors (Lipinski definition) is 3. The zero-order valence-electron chi connectivity index (χ0n) is 19.7. The van der Waals surface area contributed by atoms with E-state index in [2.05, 4.69) is 67.8 Å². The Morgan fingerprint density at radius 1 is 0.806 bits per heavy atom. The van der Waals surface area contributed by atoms with E-state index in [1.165, 1.54) is 0 Å². The van der Waals surface area contributed by atoms with Crippen molar-refractivity contribution in [3.8, 4) is 0 Å². The smallest absolute Gasteiger partial charge is 0.220 e. The number of aliphatic hydroxyl groups excluding tert-OH is 2. The Morgan fingerprint density at radius 3 is 1.97 bits per heavy atom. The molecule has 1 amide bonds. The fourth-order valence-corrected chi connectivity index (χ4v) is 2.86. The Hall–Kier alpha value is -1.91. The fourth-order valence-electron chi connectivity index (χ4n) is 2.86. The van der Waals surface area contributed by atoms with E-state index >= 15 is 0 Å². The van der Waals surface area contributed by atoms with Crippen LogP contribution in [-0.4, -0.2) is 34.9 Å². The SMILES string of the molecule is CC/C=C\C/C=C\C/C=C\C/C=C\CCCCC(=O)NC(CO)C(O)/C=C/CCCC. The number of hydrogen-bond acceptors (Lipinski definition) is 3. The minimum absolute atomic E-state index is 0.120. The van der Waals surface area contributed by atoms with E-state index in [1.807, 2.05) is 6.08 Å². The molecule has 0 aliphatic carbocycles. The average Bonchev–Trinajstić information content (AvgIpc) is 2.77. The van der Waals surface area contributed by atoms with E-state index in [0.717, 1.165) is 64.2 Å². The summed E-state index contributed by atoms with van der Waals surface area (Å²) in [5.41, 5.74) is 0. The van der Waals surface area contributed by atoms with Crippen LogP contribution < -0.4 is 5.32 Å². The molecule has 0 bridgehead atoms. The van der Waals surface area contributed by atoms with E-state index in [1.54, 1.807) is 6.08 Å². The van der Waals surface area contributed by atoms with Crippen LogP contribution >= 0.6 is 0 Å². The molecule has 0 aromatic carbocycles. The Morgan fingerprint density at radius 2 is 1.39 bits per heavy atom. The molecule has 0 saturated heterocycles. The van der Waals surface area contributed by atoms with Gasteiger partial charge in [0.2, 0.25) is 5.91 Å². The summed E-state index contributed by atoms with van der Waals surface area (Å²) < 4.78 is 0. The number of carbonyl (C=O) groups excluding carboxylic acids is 1. The van der Waals surface area contributed by atoms with Crippen LogP contribution in [-0.2, 0) is 4.79 Å². The predicted octanol–water partition coefficient (Wildman–Crippen LogP) is 5.94. The molecule has 0 radical (unpaired) electrons. The third-order valence-corrected chi connectivity index (χ3v) is 4.76. The molecule has 3 N–H and O–H groups in total.